The Hall–Kier alpha value is -0.970. The topological polar surface area (TPSA) is 44.7 Å². The lowest BCUT2D eigenvalue weighted by atomic mass is 9.98. The lowest BCUT2D eigenvalue weighted by molar-refractivity contribution is -0.118. The highest BCUT2D eigenvalue weighted by atomic mass is 32.2. The standard InChI is InChI=1S/C13H23N3OS/c1-4-12(5-6-15-11(2)17)13-9-18-10-14-7-8-16(13)3/h9-10,12H,4-8H2,1-3H3,(H,15,17)/b13-9-,14-10?. The zero-order chi connectivity index (χ0) is 13.4. The first-order valence-electron chi connectivity index (χ1n) is 6.44. The van der Waals surface area contributed by atoms with Gasteiger partial charge in [0, 0.05) is 38.7 Å². The number of likely N-dealkylation sites (N-methyl/N-ethyl adjacent to an activating group) is 1. The second-order valence-corrected chi connectivity index (χ2v) is 5.21. The molecule has 0 saturated carbocycles. The van der Waals surface area contributed by atoms with Gasteiger partial charge in [-0.05, 0) is 18.2 Å². The van der Waals surface area contributed by atoms with Crippen LogP contribution in [0.15, 0.2) is 16.1 Å². The number of hydrogen-bond donors (Lipinski definition) is 1. The van der Waals surface area contributed by atoms with Crippen LogP contribution >= 0.6 is 11.8 Å². The van der Waals surface area contributed by atoms with Crippen molar-refractivity contribution in [2.45, 2.75) is 26.7 Å². The molecular weight excluding hydrogens is 246 g/mol. The SMILES string of the molecule is CCC(CCNC(C)=O)/C1=C/SC=NCCN1C. The largest absolute Gasteiger partial charge is 0.375 e. The highest BCUT2D eigenvalue weighted by molar-refractivity contribution is 8.14. The smallest absolute Gasteiger partial charge is 0.216 e. The number of nitrogens with one attached hydrogen (secondary N) is 1. The van der Waals surface area contributed by atoms with E-state index in [1.807, 2.05) is 5.55 Å². The van der Waals surface area contributed by atoms with Crippen molar-refractivity contribution in [1.82, 2.24) is 10.2 Å². The Bertz CT molecular complexity index is 328. The van der Waals surface area contributed by atoms with Crippen molar-refractivity contribution >= 4 is 23.2 Å². The predicted molar refractivity (Wildman–Crippen MR) is 78.7 cm³/mol. The third-order valence-corrected chi connectivity index (χ3v) is 3.76. The summed E-state index contributed by atoms with van der Waals surface area (Å²) in [5, 5.41) is 5.06. The Kier molecular flexibility index (Phi) is 6.86. The van der Waals surface area contributed by atoms with Gasteiger partial charge in [0.05, 0.1) is 12.1 Å². The summed E-state index contributed by atoms with van der Waals surface area (Å²) in [6.07, 6.45) is 2.08. The Balaban J connectivity index is 2.59. The van der Waals surface area contributed by atoms with Crippen LogP contribution in [0.2, 0.25) is 0 Å². The fraction of sp³-hybridized carbons (Fsp3) is 0.692. The van der Waals surface area contributed by atoms with E-state index in [0.29, 0.717) is 5.92 Å². The van der Waals surface area contributed by atoms with E-state index in [9.17, 15) is 4.79 Å². The summed E-state index contributed by atoms with van der Waals surface area (Å²) in [5.41, 5.74) is 3.27. The van der Waals surface area contributed by atoms with Crippen LogP contribution in [0.25, 0.3) is 0 Å². The number of allylic oxidation sites excluding steroid dienone is 1. The van der Waals surface area contributed by atoms with Crippen LogP contribution in [0.4, 0.5) is 0 Å². The summed E-state index contributed by atoms with van der Waals surface area (Å²) in [4.78, 5) is 17.5. The molecule has 0 saturated heterocycles. The van der Waals surface area contributed by atoms with Gasteiger partial charge in [0.15, 0.2) is 0 Å². The minimum atomic E-state index is 0.0476. The van der Waals surface area contributed by atoms with Crippen molar-refractivity contribution in [3.63, 3.8) is 0 Å². The molecule has 0 bridgehead atoms. The first kappa shape index (κ1) is 15.1. The molecule has 0 spiro atoms. The average molecular weight is 269 g/mol. The Morgan fingerprint density at radius 2 is 2.44 bits per heavy atom. The molecule has 4 nitrogen and oxygen atoms in total. The molecule has 1 amide bonds. The lowest BCUT2D eigenvalue weighted by Crippen LogP contribution is -2.29. The quantitative estimate of drug-likeness (QED) is 0.831. The molecule has 1 N–H and O–H groups in total. The fourth-order valence-corrected chi connectivity index (χ4v) is 2.78. The molecule has 1 unspecified atom stereocenters. The van der Waals surface area contributed by atoms with E-state index in [2.05, 4.69) is 34.6 Å². The van der Waals surface area contributed by atoms with Crippen LogP contribution in [0.1, 0.15) is 26.7 Å². The maximum absolute atomic E-state index is 10.9. The van der Waals surface area contributed by atoms with E-state index in [4.69, 9.17) is 0 Å². The number of amides is 1. The first-order chi connectivity index (χ1) is 8.65. The van der Waals surface area contributed by atoms with Gasteiger partial charge >= 0.3 is 0 Å². The van der Waals surface area contributed by atoms with E-state index in [0.717, 1.165) is 32.5 Å². The van der Waals surface area contributed by atoms with E-state index in [1.54, 1.807) is 18.7 Å². The van der Waals surface area contributed by atoms with Crippen LogP contribution in [0.3, 0.4) is 0 Å². The molecule has 0 aromatic carbocycles. The second kappa shape index (κ2) is 8.19. The van der Waals surface area contributed by atoms with Crippen LogP contribution in [0, 0.1) is 5.92 Å². The third kappa shape index (κ3) is 5.12. The summed E-state index contributed by atoms with van der Waals surface area (Å²) in [7, 11) is 2.12. The maximum Gasteiger partial charge on any atom is 0.216 e. The van der Waals surface area contributed by atoms with Crippen molar-refractivity contribution < 1.29 is 4.79 Å². The van der Waals surface area contributed by atoms with Gasteiger partial charge in [-0.1, -0.05) is 18.7 Å². The summed E-state index contributed by atoms with van der Waals surface area (Å²) < 4.78 is 0. The number of rotatable bonds is 5. The van der Waals surface area contributed by atoms with Crippen LogP contribution in [-0.4, -0.2) is 43.0 Å². The molecule has 0 aromatic heterocycles. The van der Waals surface area contributed by atoms with Crippen molar-refractivity contribution in [2.75, 3.05) is 26.7 Å². The van der Waals surface area contributed by atoms with Gasteiger partial charge in [0.25, 0.3) is 0 Å². The van der Waals surface area contributed by atoms with Crippen molar-refractivity contribution in [3.05, 3.63) is 11.1 Å². The molecule has 0 fully saturated rings. The summed E-state index contributed by atoms with van der Waals surface area (Å²) in [6, 6.07) is 0. The van der Waals surface area contributed by atoms with E-state index in [-0.39, 0.29) is 5.91 Å². The molecule has 5 heteroatoms. The first-order valence-corrected chi connectivity index (χ1v) is 7.38. The molecule has 18 heavy (non-hydrogen) atoms. The predicted octanol–water partition coefficient (Wildman–Crippen LogP) is 2.09. The van der Waals surface area contributed by atoms with Crippen molar-refractivity contribution in [1.29, 1.82) is 0 Å². The van der Waals surface area contributed by atoms with E-state index < -0.39 is 0 Å². The Labute approximate surface area is 114 Å². The lowest BCUT2D eigenvalue weighted by Gasteiger charge is -2.29. The van der Waals surface area contributed by atoms with Gasteiger partial charge in [-0.2, -0.15) is 0 Å². The normalized spacial score (nSPS) is 20.6. The number of carbonyl (C=O) groups excluding carboxylic acids is 1. The van der Waals surface area contributed by atoms with Gasteiger partial charge in [0.1, 0.15) is 0 Å². The molecular formula is C13H23N3OS. The third-order valence-electron chi connectivity index (χ3n) is 3.11. The monoisotopic (exact) mass is 269 g/mol. The highest BCUT2D eigenvalue weighted by Gasteiger charge is 2.16. The molecule has 1 aliphatic rings. The molecule has 1 rings (SSSR count). The molecule has 0 radical (unpaired) electrons. The highest BCUT2D eigenvalue weighted by Crippen LogP contribution is 2.24. The number of aliphatic imine (C=N–C) groups is 1. The minimum Gasteiger partial charge on any atom is -0.375 e. The molecule has 1 atom stereocenters. The van der Waals surface area contributed by atoms with Gasteiger partial charge in [-0.25, -0.2) is 0 Å². The molecule has 102 valence electrons. The maximum atomic E-state index is 10.9. The average Bonchev–Trinajstić information content (AvgIpc) is 2.31. The van der Waals surface area contributed by atoms with Gasteiger partial charge in [-0.15, -0.1) is 0 Å². The fourth-order valence-electron chi connectivity index (χ4n) is 2.01. The number of hydrogen-bond acceptors (Lipinski definition) is 4. The molecule has 0 aliphatic carbocycles. The Morgan fingerprint density at radius 3 is 3.11 bits per heavy atom. The number of carbonyl (C=O) groups is 1. The van der Waals surface area contributed by atoms with Crippen LogP contribution < -0.4 is 5.32 Å². The van der Waals surface area contributed by atoms with E-state index >= 15 is 0 Å². The van der Waals surface area contributed by atoms with Crippen LogP contribution in [0.5, 0.6) is 0 Å². The van der Waals surface area contributed by atoms with Crippen LogP contribution in [-0.2, 0) is 4.79 Å². The molecule has 1 heterocycles. The molecule has 0 aromatic rings. The molecule has 1 aliphatic heterocycles. The van der Waals surface area contributed by atoms with Gasteiger partial charge in [0.2, 0.25) is 5.91 Å². The Morgan fingerprint density at radius 1 is 1.67 bits per heavy atom. The number of nitrogens with zero attached hydrogens (tertiary/aromatic N) is 2. The summed E-state index contributed by atoms with van der Waals surface area (Å²) >= 11 is 1.64. The summed E-state index contributed by atoms with van der Waals surface area (Å²) in [5.74, 6) is 0.548. The van der Waals surface area contributed by atoms with Crippen molar-refractivity contribution in [3.8, 4) is 0 Å². The van der Waals surface area contributed by atoms with Gasteiger partial charge < -0.3 is 10.2 Å². The van der Waals surface area contributed by atoms with Crippen molar-refractivity contribution in [2.24, 2.45) is 10.9 Å². The van der Waals surface area contributed by atoms with E-state index in [1.165, 1.54) is 5.70 Å². The zero-order valence-electron chi connectivity index (χ0n) is 11.5. The zero-order valence-corrected chi connectivity index (χ0v) is 12.3. The summed E-state index contributed by atoms with van der Waals surface area (Å²) in [6.45, 7) is 6.32. The number of thioether (sulfide) groups is 1. The minimum absolute atomic E-state index is 0.0476. The second-order valence-electron chi connectivity index (χ2n) is 4.49. The van der Waals surface area contributed by atoms with Gasteiger partial charge in [-0.3, -0.25) is 9.79 Å².